The number of nitrogens with two attached hydrogens (primary N) is 1. The molecule has 3 aromatic rings. The zero-order valence-corrected chi connectivity index (χ0v) is 15.1. The van der Waals surface area contributed by atoms with E-state index in [2.05, 4.69) is 0 Å². The van der Waals surface area contributed by atoms with Gasteiger partial charge in [0.25, 0.3) is 0 Å². The van der Waals surface area contributed by atoms with Crippen LogP contribution in [-0.4, -0.2) is 0 Å². The molecule has 0 spiro atoms. The lowest BCUT2D eigenvalue weighted by molar-refractivity contribution is 0.563. The van der Waals surface area contributed by atoms with Crippen molar-refractivity contribution in [2.75, 3.05) is 4.90 Å². The van der Waals surface area contributed by atoms with Crippen molar-refractivity contribution in [1.82, 2.24) is 0 Å². The van der Waals surface area contributed by atoms with Crippen molar-refractivity contribution in [2.45, 2.75) is 39.9 Å². The predicted octanol–water partition coefficient (Wildman–Crippen LogP) is 4.09. The smallest absolute Gasteiger partial charge is 0.203 e. The largest absolute Gasteiger partial charge is 0.440 e. The van der Waals surface area contributed by atoms with Gasteiger partial charge in [-0.1, -0.05) is 12.1 Å². The molecule has 0 amide bonds. The molecule has 2 N–H and O–H groups in total. The van der Waals surface area contributed by atoms with Gasteiger partial charge in [-0.05, 0) is 55.7 Å². The molecule has 1 aliphatic rings. The minimum atomic E-state index is -0.253. The van der Waals surface area contributed by atoms with Crippen molar-refractivity contribution in [3.05, 3.63) is 74.2 Å². The number of hydrogen-bond acceptors (Lipinski definition) is 4. The first-order valence-corrected chi connectivity index (χ1v) is 8.71. The van der Waals surface area contributed by atoms with Gasteiger partial charge >= 0.3 is 0 Å². The predicted molar refractivity (Wildman–Crippen MR) is 101 cm³/mol. The van der Waals surface area contributed by atoms with Crippen LogP contribution >= 0.6 is 0 Å². The van der Waals surface area contributed by atoms with Crippen molar-refractivity contribution in [1.29, 1.82) is 0 Å². The van der Waals surface area contributed by atoms with Crippen LogP contribution in [0.25, 0.3) is 11.0 Å². The summed E-state index contributed by atoms with van der Waals surface area (Å²) in [6.45, 7) is 6.70. The minimum absolute atomic E-state index is 0.0472. The van der Waals surface area contributed by atoms with Gasteiger partial charge in [0.15, 0.2) is 5.43 Å². The number of aryl methyl sites for hydroxylation is 1. The van der Waals surface area contributed by atoms with Crippen LogP contribution in [0.3, 0.4) is 0 Å². The van der Waals surface area contributed by atoms with E-state index in [4.69, 9.17) is 10.2 Å². The molecule has 0 radical (unpaired) electrons. The van der Waals surface area contributed by atoms with Crippen LogP contribution in [-0.2, 0) is 13.1 Å². The van der Waals surface area contributed by atoms with Gasteiger partial charge in [-0.2, -0.15) is 0 Å². The van der Waals surface area contributed by atoms with Gasteiger partial charge in [0.05, 0.1) is 10.9 Å². The Morgan fingerprint density at radius 1 is 1.15 bits per heavy atom. The molecule has 0 unspecified atom stereocenters. The summed E-state index contributed by atoms with van der Waals surface area (Å²) < 4.78 is 19.7. The lowest BCUT2D eigenvalue weighted by Crippen LogP contribution is -2.20. The number of nitrogens with zero attached hydrogens (tertiary/aromatic N) is 1. The number of benzene rings is 2. The molecule has 26 heavy (non-hydrogen) atoms. The molecule has 1 aliphatic heterocycles. The van der Waals surface area contributed by atoms with Crippen molar-refractivity contribution < 1.29 is 8.81 Å². The maximum absolute atomic E-state index is 13.5. The Kier molecular flexibility index (Phi) is 3.84. The molecule has 1 atom stereocenters. The van der Waals surface area contributed by atoms with Gasteiger partial charge in [0.2, 0.25) is 5.88 Å². The average Bonchev–Trinajstić information content (AvgIpc) is 3.00. The second-order valence-electron chi connectivity index (χ2n) is 7.15. The fraction of sp³-hybridized carbons (Fsp3) is 0.286. The summed E-state index contributed by atoms with van der Waals surface area (Å²) in [5.74, 6) is 0.280. The van der Waals surface area contributed by atoms with Gasteiger partial charge in [-0.25, -0.2) is 4.39 Å². The average molecular weight is 352 g/mol. The summed E-state index contributed by atoms with van der Waals surface area (Å²) in [5, 5.41) is 0.557. The first kappa shape index (κ1) is 16.8. The second kappa shape index (κ2) is 5.95. The third-order valence-electron chi connectivity index (χ3n) is 5.04. The lowest BCUT2D eigenvalue weighted by Gasteiger charge is -2.20. The monoisotopic (exact) mass is 352 g/mol. The van der Waals surface area contributed by atoms with Crippen LogP contribution < -0.4 is 16.1 Å². The molecule has 2 aromatic carbocycles. The molecule has 4 rings (SSSR count). The Bertz CT molecular complexity index is 1090. The normalized spacial score (nSPS) is 14.7. The summed E-state index contributed by atoms with van der Waals surface area (Å²) in [7, 11) is 0. The first-order valence-electron chi connectivity index (χ1n) is 8.71. The maximum atomic E-state index is 13.5. The van der Waals surface area contributed by atoms with E-state index >= 15 is 0 Å². The molecular formula is C21H21FN2O2. The number of anilines is 1. The minimum Gasteiger partial charge on any atom is -0.440 e. The quantitative estimate of drug-likeness (QED) is 0.755. The molecule has 5 heteroatoms. The topological polar surface area (TPSA) is 59.5 Å². The third kappa shape index (κ3) is 2.59. The van der Waals surface area contributed by atoms with E-state index in [1.807, 2.05) is 30.9 Å². The molecule has 0 fully saturated rings. The Balaban J connectivity index is 1.89. The summed E-state index contributed by atoms with van der Waals surface area (Å²) >= 11 is 0. The zero-order valence-electron chi connectivity index (χ0n) is 15.1. The highest BCUT2D eigenvalue weighted by atomic mass is 19.1. The molecule has 134 valence electrons. The van der Waals surface area contributed by atoms with Gasteiger partial charge < -0.3 is 15.1 Å². The summed E-state index contributed by atoms with van der Waals surface area (Å²) in [6.07, 6.45) is 0. The summed E-state index contributed by atoms with van der Waals surface area (Å²) in [6, 6.07) is 8.35. The van der Waals surface area contributed by atoms with Gasteiger partial charge in [-0.15, -0.1) is 0 Å². The summed E-state index contributed by atoms with van der Waals surface area (Å²) in [4.78, 5) is 14.9. The van der Waals surface area contributed by atoms with Crippen LogP contribution in [0.5, 0.6) is 0 Å². The maximum Gasteiger partial charge on any atom is 0.203 e. The van der Waals surface area contributed by atoms with Crippen molar-refractivity contribution in [3.8, 4) is 0 Å². The molecule has 0 bridgehead atoms. The van der Waals surface area contributed by atoms with E-state index in [0.717, 1.165) is 22.3 Å². The van der Waals surface area contributed by atoms with Crippen LogP contribution in [0, 0.1) is 19.7 Å². The Morgan fingerprint density at radius 3 is 2.62 bits per heavy atom. The van der Waals surface area contributed by atoms with Crippen LogP contribution in [0.1, 0.15) is 40.8 Å². The molecule has 2 heterocycles. The van der Waals surface area contributed by atoms with Crippen LogP contribution in [0.15, 0.2) is 39.5 Å². The molecular weight excluding hydrogens is 331 g/mol. The van der Waals surface area contributed by atoms with Crippen molar-refractivity contribution in [2.24, 2.45) is 5.73 Å². The van der Waals surface area contributed by atoms with Gasteiger partial charge in [0, 0.05) is 24.7 Å². The van der Waals surface area contributed by atoms with E-state index in [9.17, 15) is 9.18 Å². The van der Waals surface area contributed by atoms with E-state index in [1.54, 1.807) is 19.1 Å². The standard InChI is InChI=1S/C21H21FN2O2/c1-11-6-17(13(3)23)20-18(7-11)19(25)12(2)21(26-20)24-9-14-4-5-16(22)8-15(14)10-24/h4-8,13H,9-10,23H2,1-3H3/t13-/m1/s1. The number of rotatable bonds is 2. The second-order valence-corrected chi connectivity index (χ2v) is 7.15. The highest BCUT2D eigenvalue weighted by Gasteiger charge is 2.25. The SMILES string of the molecule is Cc1cc([C@@H](C)N)c2oc(N3Cc4ccc(F)cc4C3)c(C)c(=O)c2c1. The molecule has 0 saturated carbocycles. The van der Waals surface area contributed by atoms with Crippen LogP contribution in [0.2, 0.25) is 0 Å². The zero-order chi connectivity index (χ0) is 18.6. The van der Waals surface area contributed by atoms with Gasteiger partial charge in [-0.3, -0.25) is 4.79 Å². The van der Waals surface area contributed by atoms with Crippen molar-refractivity contribution >= 4 is 16.9 Å². The summed E-state index contributed by atoms with van der Waals surface area (Å²) in [5.41, 5.74) is 10.9. The third-order valence-corrected chi connectivity index (χ3v) is 5.04. The molecule has 1 aromatic heterocycles. The fourth-order valence-electron chi connectivity index (χ4n) is 3.70. The van der Waals surface area contributed by atoms with Crippen molar-refractivity contribution in [3.63, 3.8) is 0 Å². The van der Waals surface area contributed by atoms with E-state index in [-0.39, 0.29) is 17.3 Å². The molecule has 0 saturated heterocycles. The molecule has 4 nitrogen and oxygen atoms in total. The number of fused-ring (bicyclic) bond motifs is 2. The Labute approximate surface area is 151 Å². The number of halogens is 1. The van der Waals surface area contributed by atoms with E-state index in [1.165, 1.54) is 6.07 Å². The van der Waals surface area contributed by atoms with E-state index in [0.29, 0.717) is 35.5 Å². The van der Waals surface area contributed by atoms with Gasteiger partial charge in [0.1, 0.15) is 11.4 Å². The van der Waals surface area contributed by atoms with E-state index < -0.39 is 0 Å². The highest BCUT2D eigenvalue weighted by molar-refractivity contribution is 5.83. The fourth-order valence-corrected chi connectivity index (χ4v) is 3.70. The highest BCUT2D eigenvalue weighted by Crippen LogP contribution is 2.33. The lowest BCUT2D eigenvalue weighted by atomic mass is 10.0. The van der Waals surface area contributed by atoms with Crippen LogP contribution in [0.4, 0.5) is 10.3 Å². The first-order chi connectivity index (χ1) is 12.3. The number of hydrogen-bond donors (Lipinski definition) is 1. The Morgan fingerprint density at radius 2 is 1.88 bits per heavy atom. The Hall–Kier alpha value is -2.66. The molecule has 0 aliphatic carbocycles.